The fourth-order valence-corrected chi connectivity index (χ4v) is 5.22. The number of carbonyl (C=O) groups is 1. The van der Waals surface area contributed by atoms with Crippen molar-refractivity contribution in [1.82, 2.24) is 4.72 Å². The molecule has 1 aromatic heterocycles. The maximum atomic E-state index is 12.2. The number of aromatic carboxylic acids is 1. The van der Waals surface area contributed by atoms with E-state index in [1.54, 1.807) is 31.0 Å². The highest BCUT2D eigenvalue weighted by Gasteiger charge is 2.27. The molecule has 0 aliphatic rings. The van der Waals surface area contributed by atoms with Gasteiger partial charge in [0.1, 0.15) is 9.77 Å². The smallest absolute Gasteiger partial charge is 0.347 e. The number of rotatable bonds is 7. The summed E-state index contributed by atoms with van der Waals surface area (Å²) in [6.45, 7) is 5.36. The summed E-state index contributed by atoms with van der Waals surface area (Å²) in [6, 6.07) is -0.240. The third-order valence-corrected chi connectivity index (χ3v) is 6.44. The lowest BCUT2D eigenvalue weighted by molar-refractivity contribution is 0.0698. The molecule has 1 atom stereocenters. The summed E-state index contributed by atoms with van der Waals surface area (Å²) < 4.78 is 27.0. The Balaban J connectivity index is 3.01. The van der Waals surface area contributed by atoms with E-state index in [1.165, 1.54) is 0 Å². The van der Waals surface area contributed by atoms with Gasteiger partial charge in [-0.25, -0.2) is 17.9 Å². The van der Waals surface area contributed by atoms with Crippen LogP contribution in [-0.2, 0) is 10.0 Å². The predicted octanol–water partition coefficient (Wildman–Crippen LogP) is 2.17. The second-order valence-corrected chi connectivity index (χ2v) is 7.91. The highest BCUT2D eigenvalue weighted by atomic mass is 32.2. The van der Waals surface area contributed by atoms with E-state index in [0.29, 0.717) is 11.3 Å². The van der Waals surface area contributed by atoms with Crippen LogP contribution in [-0.4, -0.2) is 37.0 Å². The molecule has 0 spiro atoms. The van der Waals surface area contributed by atoms with Crippen molar-refractivity contribution in [3.8, 4) is 0 Å². The van der Waals surface area contributed by atoms with E-state index in [0.717, 1.165) is 17.1 Å². The van der Waals surface area contributed by atoms with Gasteiger partial charge in [0.2, 0.25) is 10.0 Å². The zero-order valence-corrected chi connectivity index (χ0v) is 13.4. The number of aryl methyl sites for hydroxylation is 1. The lowest BCUT2D eigenvalue weighted by atomic mass is 10.3. The molecule has 0 aliphatic heterocycles. The summed E-state index contributed by atoms with van der Waals surface area (Å²) in [5.41, 5.74) is 0.463. The van der Waals surface area contributed by atoms with Gasteiger partial charge in [-0.1, -0.05) is 6.92 Å². The average molecular weight is 323 g/mol. The molecule has 0 bridgehead atoms. The quantitative estimate of drug-likeness (QED) is 0.803. The normalized spacial score (nSPS) is 13.4. The Kier molecular flexibility index (Phi) is 5.84. The van der Waals surface area contributed by atoms with Crippen molar-refractivity contribution in [1.29, 1.82) is 0 Å². The van der Waals surface area contributed by atoms with Gasteiger partial charge in [-0.2, -0.15) is 11.8 Å². The van der Waals surface area contributed by atoms with E-state index in [-0.39, 0.29) is 15.8 Å². The van der Waals surface area contributed by atoms with Crippen molar-refractivity contribution in [2.75, 3.05) is 11.5 Å². The molecule has 1 heterocycles. The molecule has 0 saturated heterocycles. The maximum absolute atomic E-state index is 12.2. The molecule has 19 heavy (non-hydrogen) atoms. The zero-order chi connectivity index (χ0) is 14.6. The van der Waals surface area contributed by atoms with Crippen LogP contribution in [0.3, 0.4) is 0 Å². The van der Waals surface area contributed by atoms with Gasteiger partial charge in [0.15, 0.2) is 0 Å². The highest BCUT2D eigenvalue weighted by molar-refractivity contribution is 7.99. The molecule has 8 heteroatoms. The largest absolute Gasteiger partial charge is 0.477 e. The molecule has 1 unspecified atom stereocenters. The lowest BCUT2D eigenvalue weighted by Gasteiger charge is -2.14. The van der Waals surface area contributed by atoms with Crippen LogP contribution in [0.5, 0.6) is 0 Å². The average Bonchev–Trinajstić information content (AvgIpc) is 2.68. The fraction of sp³-hybridized carbons (Fsp3) is 0.545. The molecule has 2 N–H and O–H groups in total. The number of carboxylic acids is 1. The third-order valence-electron chi connectivity index (χ3n) is 2.31. The number of thioether (sulfide) groups is 1. The topological polar surface area (TPSA) is 83.5 Å². The SMILES string of the molecule is CCSCC(C)NS(=O)(=O)c1c(C)csc1C(=O)O. The van der Waals surface area contributed by atoms with Gasteiger partial charge < -0.3 is 5.11 Å². The molecule has 5 nitrogen and oxygen atoms in total. The van der Waals surface area contributed by atoms with Gasteiger partial charge in [0, 0.05) is 11.8 Å². The van der Waals surface area contributed by atoms with Crippen LogP contribution in [0.25, 0.3) is 0 Å². The summed E-state index contributed by atoms with van der Waals surface area (Å²) in [5.74, 6) is 0.347. The number of carboxylic acid groups (broad SMARTS) is 1. The minimum atomic E-state index is -3.79. The molecule has 0 radical (unpaired) electrons. The number of hydrogen-bond donors (Lipinski definition) is 2. The first-order valence-electron chi connectivity index (χ1n) is 5.71. The minimum Gasteiger partial charge on any atom is -0.477 e. The molecule has 1 aromatic rings. The van der Waals surface area contributed by atoms with Gasteiger partial charge in [-0.05, 0) is 30.5 Å². The number of nitrogens with one attached hydrogen (secondary N) is 1. The van der Waals surface area contributed by atoms with Crippen LogP contribution in [0.15, 0.2) is 10.3 Å². The molecule has 108 valence electrons. The Hall–Kier alpha value is -0.570. The lowest BCUT2D eigenvalue weighted by Crippen LogP contribution is -2.35. The summed E-state index contributed by atoms with van der Waals surface area (Å²) in [7, 11) is -3.79. The Labute approximate surface area is 121 Å². The van der Waals surface area contributed by atoms with E-state index >= 15 is 0 Å². The fourth-order valence-electron chi connectivity index (χ4n) is 1.57. The monoisotopic (exact) mass is 323 g/mol. The van der Waals surface area contributed by atoms with Gasteiger partial charge in [0.25, 0.3) is 0 Å². The van der Waals surface area contributed by atoms with Crippen molar-refractivity contribution in [2.45, 2.75) is 31.7 Å². The molecule has 0 aromatic carbocycles. The van der Waals surface area contributed by atoms with Crippen molar-refractivity contribution in [3.63, 3.8) is 0 Å². The predicted molar refractivity (Wildman–Crippen MR) is 78.8 cm³/mol. The van der Waals surface area contributed by atoms with Gasteiger partial charge in [-0.3, -0.25) is 0 Å². The number of thiophene rings is 1. The van der Waals surface area contributed by atoms with Gasteiger partial charge in [-0.15, -0.1) is 11.3 Å². The van der Waals surface area contributed by atoms with Crippen molar-refractivity contribution < 1.29 is 18.3 Å². The molecule has 0 amide bonds. The Morgan fingerprint density at radius 1 is 1.58 bits per heavy atom. The molecular weight excluding hydrogens is 306 g/mol. The first-order valence-corrected chi connectivity index (χ1v) is 9.22. The first kappa shape index (κ1) is 16.5. The molecule has 0 fully saturated rings. The molecule has 1 rings (SSSR count). The molecule has 0 saturated carbocycles. The molecular formula is C11H17NO4S3. The Morgan fingerprint density at radius 3 is 2.74 bits per heavy atom. The van der Waals surface area contributed by atoms with Crippen molar-refractivity contribution in [2.24, 2.45) is 0 Å². The van der Waals surface area contributed by atoms with Crippen LogP contribution in [0.1, 0.15) is 29.1 Å². The van der Waals surface area contributed by atoms with Gasteiger partial charge >= 0.3 is 5.97 Å². The first-order chi connectivity index (χ1) is 8.79. The van der Waals surface area contributed by atoms with Crippen LogP contribution >= 0.6 is 23.1 Å². The number of sulfonamides is 1. The summed E-state index contributed by atoms with van der Waals surface area (Å²) in [4.78, 5) is 10.8. The Bertz CT molecular complexity index is 550. The summed E-state index contributed by atoms with van der Waals surface area (Å²) in [5, 5.41) is 10.6. The van der Waals surface area contributed by atoms with Crippen LogP contribution < -0.4 is 4.72 Å². The highest BCUT2D eigenvalue weighted by Crippen LogP contribution is 2.27. The number of hydrogen-bond acceptors (Lipinski definition) is 5. The standard InChI is InChI=1S/C11H17NO4S3/c1-4-17-6-8(3)12-19(15,16)10-7(2)5-18-9(10)11(13)14/h5,8,12H,4,6H2,1-3H3,(H,13,14). The third kappa shape index (κ3) is 4.20. The second-order valence-electron chi connectivity index (χ2n) is 4.06. The van der Waals surface area contributed by atoms with Crippen molar-refractivity contribution in [3.05, 3.63) is 15.8 Å². The summed E-state index contributed by atoms with van der Waals surface area (Å²) in [6.07, 6.45) is 0. The minimum absolute atomic E-state index is 0.113. The van der Waals surface area contributed by atoms with Gasteiger partial charge in [0.05, 0.1) is 0 Å². The van der Waals surface area contributed by atoms with Crippen LogP contribution in [0, 0.1) is 6.92 Å². The van der Waals surface area contributed by atoms with E-state index in [9.17, 15) is 13.2 Å². The summed E-state index contributed by atoms with van der Waals surface area (Å²) >= 11 is 2.56. The maximum Gasteiger partial charge on any atom is 0.347 e. The van der Waals surface area contributed by atoms with E-state index < -0.39 is 16.0 Å². The second kappa shape index (κ2) is 6.74. The van der Waals surface area contributed by atoms with Crippen LogP contribution in [0.4, 0.5) is 0 Å². The molecule has 0 aliphatic carbocycles. The van der Waals surface area contributed by atoms with E-state index in [1.807, 2.05) is 6.92 Å². The van der Waals surface area contributed by atoms with Crippen LogP contribution in [0.2, 0.25) is 0 Å². The van der Waals surface area contributed by atoms with E-state index in [4.69, 9.17) is 5.11 Å². The Morgan fingerprint density at radius 2 is 2.21 bits per heavy atom. The van der Waals surface area contributed by atoms with E-state index in [2.05, 4.69) is 4.72 Å². The zero-order valence-electron chi connectivity index (χ0n) is 11.0. The van der Waals surface area contributed by atoms with Crippen molar-refractivity contribution >= 4 is 39.1 Å².